The molecular weight excluding hydrogens is 455 g/mol. The number of nitrogens with zero attached hydrogens (tertiary/aromatic N) is 3. The minimum Gasteiger partial charge on any atom is -0.462 e. The minimum absolute atomic E-state index is 0.0414. The Morgan fingerprint density at radius 3 is 2.65 bits per heavy atom. The van der Waals surface area contributed by atoms with Gasteiger partial charge in [-0.25, -0.2) is 19.2 Å². The van der Waals surface area contributed by atoms with Gasteiger partial charge in [-0.1, -0.05) is 6.07 Å². The van der Waals surface area contributed by atoms with Crippen LogP contribution in [0.25, 0.3) is 20.3 Å². The van der Waals surface area contributed by atoms with E-state index < -0.39 is 0 Å². The number of piperidine rings is 1. The molecule has 174 valence electrons. The van der Waals surface area contributed by atoms with Gasteiger partial charge in [0.2, 0.25) is 5.91 Å². The van der Waals surface area contributed by atoms with Gasteiger partial charge in [-0.05, 0) is 56.2 Å². The van der Waals surface area contributed by atoms with Crippen LogP contribution in [0, 0.1) is 11.7 Å². The molecule has 1 N–H and O–H groups in total. The van der Waals surface area contributed by atoms with Crippen LogP contribution < -0.4 is 10.2 Å². The summed E-state index contributed by atoms with van der Waals surface area (Å²) in [6.07, 6.45) is 2.84. The van der Waals surface area contributed by atoms with Crippen LogP contribution in [0.15, 0.2) is 48.8 Å². The number of aromatic nitrogens is 2. The smallest absolute Gasteiger partial charge is 0.338 e. The molecule has 0 atom stereocenters. The highest BCUT2D eigenvalue weighted by molar-refractivity contribution is 7.26. The number of ether oxygens (including phenoxy) is 1. The van der Waals surface area contributed by atoms with E-state index in [1.807, 2.05) is 6.07 Å². The van der Waals surface area contributed by atoms with Gasteiger partial charge in [-0.15, -0.1) is 11.3 Å². The second-order valence-electron chi connectivity index (χ2n) is 8.14. The zero-order valence-electron chi connectivity index (χ0n) is 18.6. The number of fused-ring (bicyclic) bond motifs is 3. The first-order chi connectivity index (χ1) is 16.5. The summed E-state index contributed by atoms with van der Waals surface area (Å²) in [5.41, 5.74) is 1.73. The molecule has 1 aliphatic heterocycles. The third-order valence-electron chi connectivity index (χ3n) is 6.04. The number of nitrogens with one attached hydrogen (secondary N) is 1. The zero-order chi connectivity index (χ0) is 23.7. The second kappa shape index (κ2) is 9.34. The van der Waals surface area contributed by atoms with Crippen LogP contribution >= 0.6 is 11.3 Å². The molecule has 5 rings (SSSR count). The Balaban J connectivity index is 1.26. The van der Waals surface area contributed by atoms with Crippen LogP contribution in [-0.4, -0.2) is 41.5 Å². The fourth-order valence-electron chi connectivity index (χ4n) is 4.29. The number of rotatable bonds is 5. The summed E-state index contributed by atoms with van der Waals surface area (Å²) in [6.45, 7) is 3.41. The van der Waals surface area contributed by atoms with Gasteiger partial charge < -0.3 is 15.0 Å². The minimum atomic E-state index is -0.382. The average Bonchev–Trinajstić information content (AvgIpc) is 3.25. The van der Waals surface area contributed by atoms with Crippen molar-refractivity contribution in [3.63, 3.8) is 0 Å². The molecule has 2 aromatic carbocycles. The fraction of sp³-hybridized carbons (Fsp3) is 0.280. The third-order valence-corrected chi connectivity index (χ3v) is 7.18. The Hall–Kier alpha value is -3.59. The predicted octanol–water partition coefficient (Wildman–Crippen LogP) is 5.02. The second-order valence-corrected chi connectivity index (χ2v) is 9.19. The molecule has 1 fully saturated rings. The van der Waals surface area contributed by atoms with E-state index in [4.69, 9.17) is 4.74 Å². The van der Waals surface area contributed by atoms with E-state index in [1.165, 1.54) is 23.7 Å². The van der Waals surface area contributed by atoms with E-state index in [-0.39, 0.29) is 23.6 Å². The van der Waals surface area contributed by atoms with Crippen molar-refractivity contribution in [2.24, 2.45) is 5.92 Å². The summed E-state index contributed by atoms with van der Waals surface area (Å²) >= 11 is 1.49. The summed E-state index contributed by atoms with van der Waals surface area (Å²) in [4.78, 5) is 35.6. The van der Waals surface area contributed by atoms with Gasteiger partial charge in [0.05, 0.1) is 27.8 Å². The molecule has 4 aromatic rings. The Morgan fingerprint density at radius 2 is 1.91 bits per heavy atom. The molecule has 2 aromatic heterocycles. The number of carbonyl (C=O) groups excluding carboxylic acids is 2. The summed E-state index contributed by atoms with van der Waals surface area (Å²) < 4.78 is 21.1. The van der Waals surface area contributed by atoms with Gasteiger partial charge in [-0.3, -0.25) is 4.79 Å². The number of anilines is 2. The van der Waals surface area contributed by atoms with Crippen molar-refractivity contribution in [1.29, 1.82) is 0 Å². The SMILES string of the molecule is CCOC(=O)c1ccc(NC(=O)C2CCN(c3ncnc4c3sc3cccc(F)c34)CC2)cc1. The topological polar surface area (TPSA) is 84.4 Å². The molecule has 1 amide bonds. The molecular formula is C25H23FN4O3S. The lowest BCUT2D eigenvalue weighted by atomic mass is 9.95. The highest BCUT2D eigenvalue weighted by Gasteiger charge is 2.27. The Bertz CT molecular complexity index is 1360. The number of halogens is 1. The highest BCUT2D eigenvalue weighted by Crippen LogP contribution is 2.39. The van der Waals surface area contributed by atoms with Crippen LogP contribution in [0.3, 0.4) is 0 Å². The van der Waals surface area contributed by atoms with E-state index in [0.717, 1.165) is 15.2 Å². The van der Waals surface area contributed by atoms with Crippen molar-refractivity contribution >= 4 is 55.0 Å². The van der Waals surface area contributed by atoms with E-state index in [1.54, 1.807) is 37.3 Å². The molecule has 1 aliphatic rings. The maximum absolute atomic E-state index is 14.4. The van der Waals surface area contributed by atoms with Crippen LogP contribution in [-0.2, 0) is 9.53 Å². The molecule has 9 heteroatoms. The standard InChI is InChI=1S/C25H23FN4O3S/c1-2-33-25(32)16-6-8-17(9-7-16)29-24(31)15-10-12-30(13-11-15)23-22-21(27-14-28-23)20-18(26)4-3-5-19(20)34-22/h3-9,14-15H,2,10-13H2,1H3,(H,29,31). The number of amides is 1. The Morgan fingerprint density at radius 1 is 1.15 bits per heavy atom. The number of hydrogen-bond donors (Lipinski definition) is 1. The summed E-state index contributed by atoms with van der Waals surface area (Å²) in [7, 11) is 0. The molecule has 0 spiro atoms. The lowest BCUT2D eigenvalue weighted by Crippen LogP contribution is -2.38. The maximum atomic E-state index is 14.4. The zero-order valence-corrected chi connectivity index (χ0v) is 19.4. The highest BCUT2D eigenvalue weighted by atomic mass is 32.1. The van der Waals surface area contributed by atoms with E-state index in [0.29, 0.717) is 54.7 Å². The Labute approximate surface area is 199 Å². The number of esters is 1. The van der Waals surface area contributed by atoms with Gasteiger partial charge in [0.15, 0.2) is 0 Å². The van der Waals surface area contributed by atoms with Crippen molar-refractivity contribution < 1.29 is 18.7 Å². The predicted molar refractivity (Wildman–Crippen MR) is 131 cm³/mol. The van der Waals surface area contributed by atoms with Crippen LogP contribution in [0.2, 0.25) is 0 Å². The molecule has 34 heavy (non-hydrogen) atoms. The molecule has 0 aliphatic carbocycles. The molecule has 0 bridgehead atoms. The normalized spacial score (nSPS) is 14.5. The van der Waals surface area contributed by atoms with Crippen LogP contribution in [0.4, 0.5) is 15.9 Å². The number of benzene rings is 2. The van der Waals surface area contributed by atoms with E-state index in [2.05, 4.69) is 20.2 Å². The van der Waals surface area contributed by atoms with Crippen molar-refractivity contribution in [2.45, 2.75) is 19.8 Å². The first-order valence-corrected chi connectivity index (χ1v) is 12.0. The van der Waals surface area contributed by atoms with Crippen LogP contribution in [0.5, 0.6) is 0 Å². The molecule has 0 saturated carbocycles. The summed E-state index contributed by atoms with van der Waals surface area (Å²) in [5, 5.41) is 3.48. The number of thiophene rings is 1. The first kappa shape index (κ1) is 22.2. The van der Waals surface area contributed by atoms with Gasteiger partial charge in [0.1, 0.15) is 18.0 Å². The monoisotopic (exact) mass is 478 g/mol. The molecule has 0 unspecified atom stereocenters. The van der Waals surface area contributed by atoms with Crippen molar-refractivity contribution in [1.82, 2.24) is 9.97 Å². The summed E-state index contributed by atoms with van der Waals surface area (Å²) in [5.74, 6) is -0.0375. The average molecular weight is 479 g/mol. The third kappa shape index (κ3) is 4.19. The fourth-order valence-corrected chi connectivity index (χ4v) is 5.48. The molecule has 0 radical (unpaired) electrons. The number of carbonyl (C=O) groups is 2. The van der Waals surface area contributed by atoms with Gasteiger partial charge in [-0.2, -0.15) is 0 Å². The van der Waals surface area contributed by atoms with Crippen LogP contribution in [0.1, 0.15) is 30.1 Å². The van der Waals surface area contributed by atoms with E-state index >= 15 is 0 Å². The summed E-state index contributed by atoms with van der Waals surface area (Å²) in [6, 6.07) is 11.7. The lowest BCUT2D eigenvalue weighted by molar-refractivity contribution is -0.120. The number of hydrogen-bond acceptors (Lipinski definition) is 7. The maximum Gasteiger partial charge on any atom is 0.338 e. The largest absolute Gasteiger partial charge is 0.462 e. The molecule has 1 saturated heterocycles. The van der Waals surface area contributed by atoms with Crippen molar-refractivity contribution in [2.75, 3.05) is 29.9 Å². The Kier molecular flexibility index (Phi) is 6.10. The van der Waals surface area contributed by atoms with Crippen molar-refractivity contribution in [3.05, 3.63) is 60.2 Å². The first-order valence-electron chi connectivity index (χ1n) is 11.2. The van der Waals surface area contributed by atoms with Gasteiger partial charge in [0.25, 0.3) is 0 Å². The quantitative estimate of drug-likeness (QED) is 0.406. The van der Waals surface area contributed by atoms with Gasteiger partial charge >= 0.3 is 5.97 Å². The van der Waals surface area contributed by atoms with Gasteiger partial charge in [0, 0.05) is 29.4 Å². The molecule has 7 nitrogen and oxygen atoms in total. The van der Waals surface area contributed by atoms with Crippen molar-refractivity contribution in [3.8, 4) is 0 Å². The molecule has 3 heterocycles. The van der Waals surface area contributed by atoms with E-state index in [9.17, 15) is 14.0 Å². The lowest BCUT2D eigenvalue weighted by Gasteiger charge is -2.32.